The summed E-state index contributed by atoms with van der Waals surface area (Å²) >= 11 is 1.36. The summed E-state index contributed by atoms with van der Waals surface area (Å²) in [6.07, 6.45) is 15.0. The molecule has 0 nitrogen and oxygen atoms in total. The van der Waals surface area contributed by atoms with E-state index >= 15 is 0 Å². The van der Waals surface area contributed by atoms with Gasteiger partial charge in [0.25, 0.3) is 0 Å². The van der Waals surface area contributed by atoms with E-state index in [-0.39, 0.29) is 39.7 Å². The van der Waals surface area contributed by atoms with Gasteiger partial charge in [0.1, 0.15) is 0 Å². The minimum absolute atomic E-state index is 0. The third-order valence-corrected chi connectivity index (χ3v) is 10.7. The fraction of sp³-hybridized carbons (Fsp3) is 0.319. The summed E-state index contributed by atoms with van der Waals surface area (Å²) in [6.45, 7) is 7.47. The molecular weight excluding hydrogens is 755 g/mol. The second-order valence-corrected chi connectivity index (χ2v) is 13.8. The van der Waals surface area contributed by atoms with Crippen molar-refractivity contribution in [1.29, 1.82) is 0 Å². The van der Waals surface area contributed by atoms with Crippen LogP contribution in [0.15, 0.2) is 109 Å². The van der Waals surface area contributed by atoms with Gasteiger partial charge in [0.15, 0.2) is 0 Å². The van der Waals surface area contributed by atoms with Crippen LogP contribution in [0, 0.1) is 21.8 Å². The molecule has 2 aliphatic rings. The molecule has 0 atom stereocenters. The summed E-state index contributed by atoms with van der Waals surface area (Å²) in [5.74, 6) is 1.58. The van der Waals surface area contributed by atoms with Crippen molar-refractivity contribution in [2.45, 2.75) is 96.3 Å². The summed E-state index contributed by atoms with van der Waals surface area (Å²) in [7, 11) is 0. The van der Waals surface area contributed by atoms with Crippen molar-refractivity contribution < 1.29 is 23.3 Å². The topological polar surface area (TPSA) is 0 Å². The predicted molar refractivity (Wildman–Crippen MR) is 229 cm³/mol. The van der Waals surface area contributed by atoms with E-state index in [9.17, 15) is 0 Å². The van der Waals surface area contributed by atoms with Crippen LogP contribution in [-0.2, 0) is 29.8 Å². The zero-order chi connectivity index (χ0) is 32.6. The van der Waals surface area contributed by atoms with Gasteiger partial charge in [-0.2, -0.15) is 12.1 Å². The molecule has 2 saturated carbocycles. The monoisotopic (exact) mass is 808 g/mol. The molecule has 0 amide bonds. The fourth-order valence-corrected chi connectivity index (χ4v) is 8.13. The minimum atomic E-state index is 0. The molecule has 6 aromatic carbocycles. The SMILES string of the molecule is CCc1cc2c(-c3ccc(C4CCCCC4)cc3)cccc2[cH-]1.Cc1cc2c(-c3ccc(C4CCCCC4)cc3)cccc2[cH-]1.Cl.Cl.[CH3-].[CH3-].[Si]=[Zr]. The molecule has 0 N–H and O–H groups in total. The van der Waals surface area contributed by atoms with E-state index in [1.807, 2.05) is 0 Å². The van der Waals surface area contributed by atoms with Crippen molar-refractivity contribution in [3.63, 3.8) is 0 Å². The zero-order valence-corrected chi connectivity index (χ0v) is 36.2. The number of hydrogen-bond donors (Lipinski definition) is 0. The van der Waals surface area contributed by atoms with Gasteiger partial charge in [-0.1, -0.05) is 124 Å². The molecule has 51 heavy (non-hydrogen) atoms. The first-order valence-electron chi connectivity index (χ1n) is 18.0. The normalized spacial score (nSPS) is 14.3. The Morgan fingerprint density at radius 2 is 0.980 bits per heavy atom. The fourth-order valence-electron chi connectivity index (χ4n) is 8.13. The van der Waals surface area contributed by atoms with Crippen molar-refractivity contribution >= 4 is 53.2 Å². The molecule has 0 unspecified atom stereocenters. The van der Waals surface area contributed by atoms with Gasteiger partial charge in [-0.05, 0) is 66.2 Å². The number of rotatable bonds is 5. The molecule has 8 rings (SSSR count). The first-order chi connectivity index (χ1) is 23.2. The maximum atomic E-state index is 3.06. The van der Waals surface area contributed by atoms with Crippen LogP contribution in [0.2, 0.25) is 0 Å². The Labute approximate surface area is 339 Å². The van der Waals surface area contributed by atoms with E-state index in [1.165, 1.54) is 154 Å². The van der Waals surface area contributed by atoms with Crippen LogP contribution in [-0.4, -0.2) is 6.88 Å². The average Bonchev–Trinajstić information content (AvgIpc) is 3.76. The quantitative estimate of drug-likeness (QED) is 0.120. The van der Waals surface area contributed by atoms with Gasteiger partial charge in [0.2, 0.25) is 0 Å². The summed E-state index contributed by atoms with van der Waals surface area (Å²) in [5, 5.41) is 5.50. The predicted octanol–water partition coefficient (Wildman–Crippen LogP) is 14.8. The van der Waals surface area contributed by atoms with E-state index in [1.54, 1.807) is 0 Å². The maximum absolute atomic E-state index is 3.06. The number of hydrogen-bond acceptors (Lipinski definition) is 0. The molecule has 2 radical (unpaired) electrons. The molecule has 0 saturated heterocycles. The Morgan fingerprint density at radius 3 is 1.41 bits per heavy atom. The van der Waals surface area contributed by atoms with Gasteiger partial charge in [-0.3, -0.25) is 0 Å². The summed E-state index contributed by atoms with van der Waals surface area (Å²) < 4.78 is 0. The Hall–Kier alpha value is -2.22. The molecule has 0 heterocycles. The summed E-state index contributed by atoms with van der Waals surface area (Å²) in [6, 6.07) is 41.3. The Morgan fingerprint density at radius 1 is 0.569 bits per heavy atom. The van der Waals surface area contributed by atoms with E-state index in [2.05, 4.69) is 130 Å². The summed E-state index contributed by atoms with van der Waals surface area (Å²) in [5.41, 5.74) is 11.3. The number of halogens is 2. The average molecular weight is 811 g/mol. The van der Waals surface area contributed by atoms with E-state index < -0.39 is 0 Å². The first-order valence-corrected chi connectivity index (χ1v) is 22.1. The van der Waals surface area contributed by atoms with Crippen LogP contribution >= 0.6 is 24.8 Å². The van der Waals surface area contributed by atoms with Gasteiger partial charge < -0.3 is 14.9 Å². The standard InChI is InChI=1S/C23H25.C22H23.2CH3.2ClH.Si.Zr/c1-2-17-15-21-9-6-10-22(23(21)16-17)20-13-11-19(12-14-20)18-7-4-3-5-8-18;1-16-14-20-8-5-9-21(22(20)15-16)19-12-10-18(11-13-19)17-6-3-2-4-7-17;;;;;;/h6,9-16,18H,2-5,7-8H2,1H3;5,8-15,17H,2-4,6-7H2,1H3;2*1H3;2*1H;;/q4*-1;;;;. The molecule has 0 bridgehead atoms. The van der Waals surface area contributed by atoms with E-state index in [4.69, 9.17) is 0 Å². The molecular formula is C47H56Cl2SiZr-4. The molecule has 6 aromatic rings. The first kappa shape index (κ1) is 44.9. The van der Waals surface area contributed by atoms with Crippen LogP contribution in [0.5, 0.6) is 0 Å². The number of benzene rings is 4. The summed E-state index contributed by atoms with van der Waals surface area (Å²) in [4.78, 5) is 0. The molecule has 2 fully saturated rings. The Kier molecular flexibility index (Phi) is 19.5. The second-order valence-electron chi connectivity index (χ2n) is 13.8. The van der Waals surface area contributed by atoms with E-state index in [0.717, 1.165) is 18.3 Å². The van der Waals surface area contributed by atoms with Gasteiger partial charge in [-0.25, -0.2) is 0 Å². The zero-order valence-electron chi connectivity index (χ0n) is 31.1. The van der Waals surface area contributed by atoms with Crippen LogP contribution in [0.25, 0.3) is 43.8 Å². The molecule has 270 valence electrons. The molecule has 2 aliphatic carbocycles. The van der Waals surface area contributed by atoms with Gasteiger partial charge >= 0.3 is 30.2 Å². The van der Waals surface area contributed by atoms with Gasteiger partial charge in [0.05, 0.1) is 0 Å². The van der Waals surface area contributed by atoms with Gasteiger partial charge in [0, 0.05) is 0 Å². The molecule has 0 spiro atoms. The third-order valence-electron chi connectivity index (χ3n) is 10.7. The van der Waals surface area contributed by atoms with Crippen LogP contribution in [0.3, 0.4) is 0 Å². The van der Waals surface area contributed by atoms with Crippen molar-refractivity contribution in [2.24, 2.45) is 0 Å². The van der Waals surface area contributed by atoms with Crippen molar-refractivity contribution in [2.75, 3.05) is 0 Å². The van der Waals surface area contributed by atoms with Crippen LogP contribution < -0.4 is 0 Å². The Bertz CT molecular complexity index is 1870. The molecule has 0 aliphatic heterocycles. The van der Waals surface area contributed by atoms with Crippen LogP contribution in [0.4, 0.5) is 0 Å². The van der Waals surface area contributed by atoms with Crippen molar-refractivity contribution in [3.05, 3.63) is 146 Å². The van der Waals surface area contributed by atoms with Crippen molar-refractivity contribution in [1.82, 2.24) is 0 Å². The molecule has 0 aromatic heterocycles. The third kappa shape index (κ3) is 10.9. The van der Waals surface area contributed by atoms with Crippen LogP contribution in [0.1, 0.15) is 105 Å². The second kappa shape index (κ2) is 22.1. The molecule has 4 heteroatoms. The van der Waals surface area contributed by atoms with Gasteiger partial charge in [-0.15, -0.1) is 93.9 Å². The number of fused-ring (bicyclic) bond motifs is 2. The number of aryl methyl sites for hydroxylation is 2. The van der Waals surface area contributed by atoms with E-state index in [0.29, 0.717) is 0 Å². The Balaban J connectivity index is 0.000000314. The van der Waals surface area contributed by atoms with Crippen molar-refractivity contribution in [3.8, 4) is 22.3 Å².